The van der Waals surface area contributed by atoms with E-state index in [1.165, 1.54) is 3.71 Å². The molecule has 2 aromatic heterocycles. The molecule has 20 heavy (non-hydrogen) atoms. The number of fused-ring (bicyclic) bond motifs is 1. The number of hydrogen-bond acceptors (Lipinski definition) is 2. The molecule has 0 amide bonds. The second-order valence-corrected chi connectivity index (χ2v) is 4.80. The Balaban J connectivity index is 2.39. The van der Waals surface area contributed by atoms with Crippen molar-refractivity contribution in [2.75, 3.05) is 0 Å². The third kappa shape index (κ3) is 2.07. The molecule has 0 fully saturated rings. The lowest BCUT2D eigenvalue weighted by molar-refractivity contribution is -0.136. The number of aromatic nitrogens is 3. The van der Waals surface area contributed by atoms with Gasteiger partial charge >= 0.3 is 6.18 Å². The molecule has 2 heterocycles. The smallest absolute Gasteiger partial charge is 0.236 e. The SMILES string of the molecule is FC(F)(F)c1ccnc2c1c(-c1ccccc1)nn2Br. The minimum atomic E-state index is -4.46. The van der Waals surface area contributed by atoms with Crippen molar-refractivity contribution in [1.29, 1.82) is 0 Å². The number of nitrogens with zero attached hydrogens (tertiary/aromatic N) is 3. The topological polar surface area (TPSA) is 30.7 Å². The van der Waals surface area contributed by atoms with Crippen LogP contribution in [0, 0.1) is 0 Å². The van der Waals surface area contributed by atoms with Crippen LogP contribution >= 0.6 is 16.1 Å². The summed E-state index contributed by atoms with van der Waals surface area (Å²) in [5, 5.41) is 4.09. The van der Waals surface area contributed by atoms with E-state index in [9.17, 15) is 13.2 Å². The summed E-state index contributed by atoms with van der Waals surface area (Å²) < 4.78 is 40.6. The van der Waals surface area contributed by atoms with Gasteiger partial charge in [0.2, 0.25) is 0 Å². The first kappa shape index (κ1) is 13.1. The number of pyridine rings is 1. The summed E-state index contributed by atoms with van der Waals surface area (Å²) in [6, 6.07) is 9.67. The van der Waals surface area contributed by atoms with Crippen molar-refractivity contribution in [3.05, 3.63) is 48.2 Å². The molecule has 0 radical (unpaired) electrons. The number of benzene rings is 1. The van der Waals surface area contributed by atoms with Crippen LogP contribution in [0.4, 0.5) is 13.2 Å². The van der Waals surface area contributed by atoms with Gasteiger partial charge in [-0.1, -0.05) is 30.3 Å². The lowest BCUT2D eigenvalue weighted by atomic mass is 10.1. The van der Waals surface area contributed by atoms with E-state index in [-0.39, 0.29) is 16.7 Å². The van der Waals surface area contributed by atoms with E-state index in [1.54, 1.807) is 30.3 Å². The Morgan fingerprint density at radius 1 is 1.05 bits per heavy atom. The summed E-state index contributed by atoms with van der Waals surface area (Å²) in [5.74, 6) is 0. The molecule has 3 rings (SSSR count). The Morgan fingerprint density at radius 3 is 2.40 bits per heavy atom. The van der Waals surface area contributed by atoms with Crippen molar-refractivity contribution >= 4 is 27.2 Å². The molecule has 0 saturated heterocycles. The highest BCUT2D eigenvalue weighted by atomic mass is 79.9. The first-order valence-corrected chi connectivity index (χ1v) is 6.36. The van der Waals surface area contributed by atoms with E-state index < -0.39 is 11.7 Å². The van der Waals surface area contributed by atoms with E-state index >= 15 is 0 Å². The van der Waals surface area contributed by atoms with Gasteiger partial charge in [0.1, 0.15) is 5.69 Å². The predicted octanol–water partition coefficient (Wildman–Crippen LogP) is 4.28. The maximum Gasteiger partial charge on any atom is 0.417 e. The van der Waals surface area contributed by atoms with Crippen LogP contribution in [-0.2, 0) is 6.18 Å². The lowest BCUT2D eigenvalue weighted by Gasteiger charge is -2.08. The highest BCUT2D eigenvalue weighted by Gasteiger charge is 2.35. The van der Waals surface area contributed by atoms with E-state index in [0.29, 0.717) is 5.56 Å². The average Bonchev–Trinajstić information content (AvgIpc) is 2.76. The van der Waals surface area contributed by atoms with Gasteiger partial charge in [0.25, 0.3) is 0 Å². The van der Waals surface area contributed by atoms with Gasteiger partial charge in [-0.2, -0.15) is 22.0 Å². The molecular weight excluding hydrogens is 335 g/mol. The molecule has 3 nitrogen and oxygen atoms in total. The number of hydrogen-bond donors (Lipinski definition) is 0. The molecule has 0 aliphatic rings. The largest absolute Gasteiger partial charge is 0.417 e. The Labute approximate surface area is 120 Å². The van der Waals surface area contributed by atoms with Gasteiger partial charge in [-0.25, -0.2) is 4.98 Å². The summed E-state index contributed by atoms with van der Waals surface area (Å²) in [6.45, 7) is 0. The maximum atomic E-state index is 13.1. The zero-order valence-corrected chi connectivity index (χ0v) is 11.5. The Morgan fingerprint density at radius 2 is 1.75 bits per heavy atom. The summed E-state index contributed by atoms with van der Waals surface area (Å²) >= 11 is 3.09. The van der Waals surface area contributed by atoms with Crippen LogP contribution in [0.15, 0.2) is 42.6 Å². The van der Waals surface area contributed by atoms with Crippen molar-refractivity contribution < 1.29 is 13.2 Å². The molecular formula is C13H7BrF3N3. The van der Waals surface area contributed by atoms with E-state index in [1.807, 2.05) is 0 Å². The Bertz CT molecular complexity index is 766. The zero-order chi connectivity index (χ0) is 14.3. The molecule has 0 atom stereocenters. The second-order valence-electron chi connectivity index (χ2n) is 4.13. The monoisotopic (exact) mass is 341 g/mol. The highest BCUT2D eigenvalue weighted by molar-refractivity contribution is 9.08. The maximum absolute atomic E-state index is 13.1. The van der Waals surface area contributed by atoms with Crippen molar-refractivity contribution in [2.45, 2.75) is 6.18 Å². The molecule has 0 N–H and O–H groups in total. The average molecular weight is 342 g/mol. The molecule has 0 bridgehead atoms. The number of halogens is 4. The fourth-order valence-corrected chi connectivity index (χ4v) is 2.47. The Kier molecular flexibility index (Phi) is 3.01. The number of rotatable bonds is 1. The van der Waals surface area contributed by atoms with Gasteiger partial charge in [0.05, 0.1) is 27.1 Å². The van der Waals surface area contributed by atoms with Gasteiger partial charge in [-0.05, 0) is 6.07 Å². The normalized spacial score (nSPS) is 12.0. The van der Waals surface area contributed by atoms with Crippen LogP contribution in [0.1, 0.15) is 5.56 Å². The molecule has 0 aliphatic carbocycles. The number of alkyl halides is 3. The molecule has 0 spiro atoms. The Hall–Kier alpha value is -1.89. The molecule has 3 aromatic rings. The van der Waals surface area contributed by atoms with Crippen LogP contribution in [0.5, 0.6) is 0 Å². The summed E-state index contributed by atoms with van der Waals surface area (Å²) in [5.41, 5.74) is 0.248. The van der Waals surface area contributed by atoms with Crippen molar-refractivity contribution in [1.82, 2.24) is 13.8 Å². The van der Waals surface area contributed by atoms with Crippen molar-refractivity contribution in [2.24, 2.45) is 0 Å². The summed E-state index contributed by atoms with van der Waals surface area (Å²) in [7, 11) is 0. The lowest BCUT2D eigenvalue weighted by Crippen LogP contribution is -2.06. The molecule has 102 valence electrons. The molecule has 0 saturated carbocycles. The van der Waals surface area contributed by atoms with Crippen LogP contribution < -0.4 is 0 Å². The van der Waals surface area contributed by atoms with Crippen LogP contribution in [0.25, 0.3) is 22.3 Å². The third-order valence-corrected chi connectivity index (χ3v) is 3.38. The molecule has 7 heteroatoms. The highest BCUT2D eigenvalue weighted by Crippen LogP contribution is 2.38. The summed E-state index contributed by atoms with van der Waals surface area (Å²) in [4.78, 5) is 3.95. The van der Waals surface area contributed by atoms with Crippen LogP contribution in [-0.4, -0.2) is 13.8 Å². The van der Waals surface area contributed by atoms with Gasteiger partial charge in [-0.15, -0.1) is 0 Å². The van der Waals surface area contributed by atoms with Gasteiger partial charge in [-0.3, -0.25) is 0 Å². The molecule has 0 aliphatic heterocycles. The summed E-state index contributed by atoms with van der Waals surface area (Å²) in [6.07, 6.45) is -3.33. The molecule has 1 aromatic carbocycles. The zero-order valence-electron chi connectivity index (χ0n) is 9.89. The fraction of sp³-hybridized carbons (Fsp3) is 0.0769. The van der Waals surface area contributed by atoms with E-state index in [2.05, 4.69) is 26.2 Å². The van der Waals surface area contributed by atoms with Crippen molar-refractivity contribution in [3.63, 3.8) is 0 Å². The van der Waals surface area contributed by atoms with E-state index in [0.717, 1.165) is 12.3 Å². The molecule has 0 unspecified atom stereocenters. The minimum Gasteiger partial charge on any atom is -0.236 e. The van der Waals surface area contributed by atoms with Crippen molar-refractivity contribution in [3.8, 4) is 11.3 Å². The first-order valence-electron chi connectivity index (χ1n) is 5.65. The minimum absolute atomic E-state index is 0.0110. The van der Waals surface area contributed by atoms with Crippen LogP contribution in [0.2, 0.25) is 0 Å². The second kappa shape index (κ2) is 4.59. The fourth-order valence-electron chi connectivity index (χ4n) is 2.04. The van der Waals surface area contributed by atoms with E-state index in [4.69, 9.17) is 0 Å². The third-order valence-electron chi connectivity index (χ3n) is 2.88. The quantitative estimate of drug-likeness (QED) is 0.661. The predicted molar refractivity (Wildman–Crippen MR) is 72.3 cm³/mol. The van der Waals surface area contributed by atoms with Gasteiger partial charge in [0, 0.05) is 11.8 Å². The standard InChI is InChI=1S/C13H7BrF3N3/c14-20-12-10(9(6-7-18-12)13(15,16)17)11(19-20)8-4-2-1-3-5-8/h1-7H. The van der Waals surface area contributed by atoms with Gasteiger partial charge in [0.15, 0.2) is 5.65 Å². The van der Waals surface area contributed by atoms with Crippen LogP contribution in [0.3, 0.4) is 0 Å². The first-order chi connectivity index (χ1) is 9.48. The van der Waals surface area contributed by atoms with Gasteiger partial charge < -0.3 is 0 Å².